The molecular weight excluding hydrogens is 252 g/mol. The molecule has 2 rings (SSSR count). The van der Waals surface area contributed by atoms with Crippen LogP contribution in [0.25, 0.3) is 0 Å². The Morgan fingerprint density at radius 2 is 2.05 bits per heavy atom. The lowest BCUT2D eigenvalue weighted by molar-refractivity contribution is 0.416. The first-order valence-electron chi connectivity index (χ1n) is 6.27. The lowest BCUT2D eigenvalue weighted by atomic mass is 10.1. The zero-order valence-electron chi connectivity index (χ0n) is 11.4. The first-order chi connectivity index (χ1) is 9.63. The van der Waals surface area contributed by atoms with Crippen molar-refractivity contribution in [2.75, 3.05) is 12.4 Å². The van der Waals surface area contributed by atoms with Gasteiger partial charge in [-0.25, -0.2) is 0 Å². The molecule has 4 nitrogen and oxygen atoms in total. The van der Waals surface area contributed by atoms with Crippen molar-refractivity contribution >= 4 is 5.69 Å². The van der Waals surface area contributed by atoms with E-state index < -0.39 is 0 Å². The van der Waals surface area contributed by atoms with E-state index in [0.29, 0.717) is 11.3 Å². The summed E-state index contributed by atoms with van der Waals surface area (Å²) in [5.74, 6) is 0.860. The molecule has 102 valence electrons. The third-order valence-corrected chi connectivity index (χ3v) is 3.07. The lowest BCUT2D eigenvalue weighted by Gasteiger charge is -2.18. The van der Waals surface area contributed by atoms with Gasteiger partial charge in [-0.05, 0) is 36.8 Å². The Balaban J connectivity index is 2.23. The Hall–Kier alpha value is -2.67. The fraction of sp³-hybridized carbons (Fsp3) is 0.188. The molecule has 0 radical (unpaired) electrons. The molecule has 0 amide bonds. The maximum atomic E-state index is 9.51. The number of nitrogens with zero attached hydrogens (tertiary/aromatic N) is 1. The predicted molar refractivity (Wildman–Crippen MR) is 77.9 cm³/mol. The van der Waals surface area contributed by atoms with Crippen LogP contribution >= 0.6 is 0 Å². The van der Waals surface area contributed by atoms with Crippen molar-refractivity contribution in [3.63, 3.8) is 0 Å². The summed E-state index contributed by atoms with van der Waals surface area (Å²) in [6, 6.07) is 14.4. The first-order valence-corrected chi connectivity index (χ1v) is 6.27. The Morgan fingerprint density at radius 1 is 1.25 bits per heavy atom. The van der Waals surface area contributed by atoms with Crippen LogP contribution in [0.4, 0.5) is 5.69 Å². The first kappa shape index (κ1) is 13.8. The molecule has 2 aromatic carbocycles. The van der Waals surface area contributed by atoms with E-state index in [4.69, 9.17) is 10.00 Å². The van der Waals surface area contributed by atoms with Crippen LogP contribution in [0.15, 0.2) is 42.5 Å². The number of phenols is 1. The smallest absolute Gasteiger partial charge is 0.143 e. The van der Waals surface area contributed by atoms with Crippen molar-refractivity contribution in [1.29, 1.82) is 5.26 Å². The second kappa shape index (κ2) is 5.98. The predicted octanol–water partition coefficient (Wildman–Crippen LogP) is 3.45. The number of nitriles is 1. The Morgan fingerprint density at radius 3 is 2.70 bits per heavy atom. The molecule has 0 aliphatic rings. The number of hydrogen-bond donors (Lipinski definition) is 2. The molecule has 4 heteroatoms. The van der Waals surface area contributed by atoms with Crippen LogP contribution in [0.3, 0.4) is 0 Å². The summed E-state index contributed by atoms with van der Waals surface area (Å²) in [5, 5.41) is 21.7. The van der Waals surface area contributed by atoms with E-state index in [2.05, 4.69) is 11.4 Å². The minimum absolute atomic E-state index is 0.00364. The van der Waals surface area contributed by atoms with E-state index in [1.165, 1.54) is 0 Å². The van der Waals surface area contributed by atoms with Gasteiger partial charge in [0.05, 0.1) is 24.4 Å². The third-order valence-electron chi connectivity index (χ3n) is 3.07. The van der Waals surface area contributed by atoms with Crippen molar-refractivity contribution in [1.82, 2.24) is 0 Å². The van der Waals surface area contributed by atoms with Gasteiger partial charge < -0.3 is 15.2 Å². The molecule has 0 spiro atoms. The van der Waals surface area contributed by atoms with Crippen molar-refractivity contribution in [2.45, 2.75) is 13.0 Å². The summed E-state index contributed by atoms with van der Waals surface area (Å²) in [7, 11) is 1.57. The van der Waals surface area contributed by atoms with Gasteiger partial charge in [0.2, 0.25) is 0 Å². The number of hydrogen-bond acceptors (Lipinski definition) is 4. The molecule has 1 unspecified atom stereocenters. The maximum absolute atomic E-state index is 9.51. The summed E-state index contributed by atoms with van der Waals surface area (Å²) in [4.78, 5) is 0. The number of phenolic OH excluding ortho intramolecular Hbond substituents is 1. The second-order valence-electron chi connectivity index (χ2n) is 4.49. The number of methoxy groups -OCH3 is 1. The van der Waals surface area contributed by atoms with Crippen LogP contribution in [0.1, 0.15) is 24.1 Å². The van der Waals surface area contributed by atoms with Gasteiger partial charge in [-0.1, -0.05) is 12.1 Å². The fourth-order valence-corrected chi connectivity index (χ4v) is 1.99. The highest BCUT2D eigenvalue weighted by Gasteiger charge is 2.10. The second-order valence-corrected chi connectivity index (χ2v) is 4.49. The van der Waals surface area contributed by atoms with Crippen LogP contribution in [0, 0.1) is 11.3 Å². The summed E-state index contributed by atoms with van der Waals surface area (Å²) < 4.78 is 5.29. The summed E-state index contributed by atoms with van der Waals surface area (Å²) in [5.41, 5.74) is 2.33. The van der Waals surface area contributed by atoms with Gasteiger partial charge in [0.15, 0.2) is 0 Å². The molecule has 0 aromatic heterocycles. The molecule has 0 saturated carbocycles. The minimum atomic E-state index is 0.00364. The highest BCUT2D eigenvalue weighted by molar-refractivity contribution is 5.60. The zero-order chi connectivity index (χ0) is 14.5. The molecule has 0 fully saturated rings. The molecule has 2 N–H and O–H groups in total. The van der Waals surface area contributed by atoms with Gasteiger partial charge in [-0.2, -0.15) is 5.26 Å². The topological polar surface area (TPSA) is 65.3 Å². The molecule has 20 heavy (non-hydrogen) atoms. The third kappa shape index (κ3) is 3.01. The van der Waals surface area contributed by atoms with E-state index in [-0.39, 0.29) is 11.8 Å². The van der Waals surface area contributed by atoms with E-state index in [9.17, 15) is 5.11 Å². The van der Waals surface area contributed by atoms with Gasteiger partial charge in [0.1, 0.15) is 11.5 Å². The standard InChI is InChI=1S/C16H16N2O2/c1-11(13-4-3-5-14(19)9-13)18-15-7-6-12(10-17)8-16(15)20-2/h3-9,11,18-19H,1-2H3. The average molecular weight is 268 g/mol. The van der Waals surface area contributed by atoms with Gasteiger partial charge in [-0.15, -0.1) is 0 Å². The van der Waals surface area contributed by atoms with Gasteiger partial charge in [-0.3, -0.25) is 0 Å². The molecule has 0 bridgehead atoms. The SMILES string of the molecule is COc1cc(C#N)ccc1NC(C)c1cccc(O)c1. The van der Waals surface area contributed by atoms with Crippen LogP contribution in [0.2, 0.25) is 0 Å². The average Bonchev–Trinajstić information content (AvgIpc) is 2.47. The van der Waals surface area contributed by atoms with E-state index >= 15 is 0 Å². The van der Waals surface area contributed by atoms with Crippen molar-refractivity contribution in [2.24, 2.45) is 0 Å². The van der Waals surface area contributed by atoms with Crippen LogP contribution in [-0.4, -0.2) is 12.2 Å². The number of nitrogens with one attached hydrogen (secondary N) is 1. The van der Waals surface area contributed by atoms with Crippen LogP contribution < -0.4 is 10.1 Å². The molecule has 1 atom stereocenters. The van der Waals surface area contributed by atoms with Crippen LogP contribution in [0.5, 0.6) is 11.5 Å². The molecular formula is C16H16N2O2. The molecule has 0 aliphatic heterocycles. The van der Waals surface area contributed by atoms with Crippen molar-refractivity contribution in [3.05, 3.63) is 53.6 Å². The number of ether oxygens (including phenoxy) is 1. The van der Waals surface area contributed by atoms with E-state index in [0.717, 1.165) is 11.3 Å². The van der Waals surface area contributed by atoms with Crippen molar-refractivity contribution < 1.29 is 9.84 Å². The summed E-state index contributed by atoms with van der Waals surface area (Å²) >= 11 is 0. The van der Waals surface area contributed by atoms with Crippen LogP contribution in [-0.2, 0) is 0 Å². The molecule has 0 aliphatic carbocycles. The van der Waals surface area contributed by atoms with Crippen molar-refractivity contribution in [3.8, 4) is 17.6 Å². The quantitative estimate of drug-likeness (QED) is 0.891. The molecule has 0 saturated heterocycles. The van der Waals surface area contributed by atoms with Gasteiger partial charge in [0.25, 0.3) is 0 Å². The highest BCUT2D eigenvalue weighted by atomic mass is 16.5. The number of rotatable bonds is 4. The summed E-state index contributed by atoms with van der Waals surface area (Å²) in [6.45, 7) is 1.99. The normalized spacial score (nSPS) is 11.4. The number of anilines is 1. The molecule has 2 aromatic rings. The van der Waals surface area contributed by atoms with E-state index in [1.807, 2.05) is 19.1 Å². The Kier molecular flexibility index (Phi) is 4.11. The number of benzene rings is 2. The lowest BCUT2D eigenvalue weighted by Crippen LogP contribution is -2.07. The molecule has 0 heterocycles. The Bertz CT molecular complexity index is 647. The summed E-state index contributed by atoms with van der Waals surface area (Å²) in [6.07, 6.45) is 0. The highest BCUT2D eigenvalue weighted by Crippen LogP contribution is 2.29. The van der Waals surface area contributed by atoms with E-state index in [1.54, 1.807) is 37.4 Å². The van der Waals surface area contributed by atoms with Gasteiger partial charge in [0, 0.05) is 12.1 Å². The largest absolute Gasteiger partial charge is 0.508 e. The monoisotopic (exact) mass is 268 g/mol. The zero-order valence-corrected chi connectivity index (χ0v) is 11.4. The van der Waals surface area contributed by atoms with Gasteiger partial charge >= 0.3 is 0 Å². The fourth-order valence-electron chi connectivity index (χ4n) is 1.99. The minimum Gasteiger partial charge on any atom is -0.508 e. The maximum Gasteiger partial charge on any atom is 0.143 e. The number of aromatic hydroxyl groups is 1. The Labute approximate surface area is 118 Å².